The van der Waals surface area contributed by atoms with Gasteiger partial charge in [-0.2, -0.15) is 0 Å². The van der Waals surface area contributed by atoms with Crippen molar-refractivity contribution >= 4 is 10.2 Å². The zero-order valence-corrected chi connectivity index (χ0v) is 4.84. The van der Waals surface area contributed by atoms with Crippen molar-refractivity contribution in [3.8, 4) is 5.18 Å². The van der Waals surface area contributed by atoms with Gasteiger partial charge < -0.3 is 0 Å². The summed E-state index contributed by atoms with van der Waals surface area (Å²) in [6.07, 6.45) is 0. The summed E-state index contributed by atoms with van der Waals surface area (Å²) in [5.74, 6) is 0.691. The van der Waals surface area contributed by atoms with Gasteiger partial charge in [0.15, 0.2) is 0 Å². The molecule has 2 heteroatoms. The lowest BCUT2D eigenvalue weighted by atomic mass is 11.0. The summed E-state index contributed by atoms with van der Waals surface area (Å²) in [5.41, 5.74) is 0. The molecule has 0 aliphatic heterocycles. The molecular formula is C4H8OS. The fraction of sp³-hybridized carbons (Fsp3) is 0.750. The van der Waals surface area contributed by atoms with Crippen molar-refractivity contribution in [1.29, 1.82) is 0 Å². The van der Waals surface area contributed by atoms with Crippen LogP contribution in [-0.2, 0) is 10.2 Å². The molecular weight excluding hydrogens is 96.1 g/mol. The molecule has 1 nitrogen and oxygen atoms in total. The fourth-order valence-electron chi connectivity index (χ4n) is 0.144. The van der Waals surface area contributed by atoms with E-state index in [1.807, 2.05) is 6.92 Å². The van der Waals surface area contributed by atoms with Crippen LogP contribution in [-0.4, -0.2) is 9.96 Å². The van der Waals surface area contributed by atoms with Crippen LogP contribution in [0, 0.1) is 5.18 Å². The van der Waals surface area contributed by atoms with Gasteiger partial charge in [-0.25, -0.2) is 4.21 Å². The molecule has 0 amide bonds. The van der Waals surface area contributed by atoms with Gasteiger partial charge in [-0.15, -0.1) is 0 Å². The van der Waals surface area contributed by atoms with Gasteiger partial charge in [0.2, 0.25) is 0 Å². The smallest absolute Gasteiger partial charge is 0.0417 e. The molecule has 36 valence electrons. The largest absolute Gasteiger partial charge is 0.222 e. The average molecular weight is 104 g/mol. The van der Waals surface area contributed by atoms with Crippen LogP contribution in [0.25, 0.3) is 0 Å². The summed E-state index contributed by atoms with van der Waals surface area (Å²) in [7, 11) is -0.784. The Morgan fingerprint density at radius 3 is 2.33 bits per heavy atom. The molecule has 0 aliphatic rings. The van der Waals surface area contributed by atoms with Crippen LogP contribution in [0.2, 0.25) is 0 Å². The molecule has 0 spiro atoms. The van der Waals surface area contributed by atoms with Gasteiger partial charge in [-0.05, 0) is 0 Å². The molecule has 0 saturated carbocycles. The van der Waals surface area contributed by atoms with Gasteiger partial charge in [0.25, 0.3) is 0 Å². The maximum absolute atomic E-state index is 10.2. The molecule has 0 rings (SSSR count). The summed E-state index contributed by atoms with van der Waals surface area (Å²) < 4.78 is 10.2. The van der Waals surface area contributed by atoms with Crippen molar-refractivity contribution in [2.24, 2.45) is 0 Å². The summed E-state index contributed by atoms with van der Waals surface area (Å²) in [6, 6.07) is 0. The molecule has 0 bridgehead atoms. The highest BCUT2D eigenvalue weighted by molar-refractivity contribution is 7.74. The Bertz CT molecular complexity index is 137. The third-order valence-corrected chi connectivity index (χ3v) is 1.47. The molecule has 0 saturated heterocycles. The van der Waals surface area contributed by atoms with E-state index >= 15 is 0 Å². The van der Waals surface area contributed by atoms with Crippen molar-refractivity contribution in [2.45, 2.75) is 13.8 Å². The summed E-state index contributed by atoms with van der Waals surface area (Å²) in [5, 5.41) is 2.59. The summed E-state index contributed by atoms with van der Waals surface area (Å²) in [4.78, 5) is 0. The SMILES string of the molecule is CC#S(=O)CC. The highest BCUT2D eigenvalue weighted by Gasteiger charge is 1.62. The first-order valence-corrected chi connectivity index (χ1v) is 3.19. The van der Waals surface area contributed by atoms with E-state index in [1.165, 1.54) is 0 Å². The summed E-state index contributed by atoms with van der Waals surface area (Å²) in [6.45, 7) is 3.55. The van der Waals surface area contributed by atoms with Crippen LogP contribution < -0.4 is 0 Å². The Hall–Kier alpha value is -0.200. The van der Waals surface area contributed by atoms with E-state index in [-0.39, 0.29) is 0 Å². The predicted molar refractivity (Wildman–Crippen MR) is 28.2 cm³/mol. The number of hydrogen-bond acceptors (Lipinski definition) is 1. The first kappa shape index (κ1) is 5.80. The standard InChI is InChI=1S/C4H8OS/c1-3-6(5)4-2/h3H2,1-2H3. The van der Waals surface area contributed by atoms with Crippen molar-refractivity contribution in [3.63, 3.8) is 0 Å². The maximum atomic E-state index is 10.2. The Balaban J connectivity index is 3.77. The number of hydrogen-bond donors (Lipinski definition) is 0. The lowest BCUT2D eigenvalue weighted by Gasteiger charge is -1.63. The van der Waals surface area contributed by atoms with Crippen LogP contribution in [0.1, 0.15) is 13.8 Å². The zero-order chi connectivity index (χ0) is 4.99. The van der Waals surface area contributed by atoms with Gasteiger partial charge >= 0.3 is 0 Å². The minimum Gasteiger partial charge on any atom is -0.222 e. The lowest BCUT2D eigenvalue weighted by molar-refractivity contribution is 0.693. The normalized spacial score (nSPS) is 7.00. The zero-order valence-electron chi connectivity index (χ0n) is 4.02. The predicted octanol–water partition coefficient (Wildman–Crippen LogP) is 0.734. The second-order valence-electron chi connectivity index (χ2n) is 0.838. The van der Waals surface area contributed by atoms with Crippen LogP contribution in [0.4, 0.5) is 0 Å². The van der Waals surface area contributed by atoms with E-state index in [4.69, 9.17) is 0 Å². The Morgan fingerprint density at radius 2 is 2.33 bits per heavy atom. The van der Waals surface area contributed by atoms with Crippen molar-refractivity contribution in [1.82, 2.24) is 0 Å². The molecule has 0 fully saturated rings. The molecule has 0 aliphatic carbocycles. The van der Waals surface area contributed by atoms with Crippen molar-refractivity contribution in [3.05, 3.63) is 0 Å². The lowest BCUT2D eigenvalue weighted by Crippen LogP contribution is -1.70. The minimum atomic E-state index is -0.784. The second kappa shape index (κ2) is 3.01. The Labute approximate surface area is 40.0 Å². The third kappa shape index (κ3) is 2.06. The van der Waals surface area contributed by atoms with Crippen molar-refractivity contribution < 1.29 is 4.21 Å². The van der Waals surface area contributed by atoms with E-state index in [1.54, 1.807) is 6.92 Å². The molecule has 0 aromatic rings. The topological polar surface area (TPSA) is 17.1 Å². The molecule has 0 unspecified atom stereocenters. The second-order valence-corrected chi connectivity index (χ2v) is 2.51. The molecule has 0 aromatic carbocycles. The minimum absolute atomic E-state index is 0.691. The molecule has 0 atom stereocenters. The van der Waals surface area contributed by atoms with Crippen LogP contribution in [0.5, 0.6) is 0 Å². The van der Waals surface area contributed by atoms with Crippen molar-refractivity contribution in [2.75, 3.05) is 5.75 Å². The molecule has 0 N–H and O–H groups in total. The van der Waals surface area contributed by atoms with Crippen LogP contribution in [0.15, 0.2) is 0 Å². The first-order valence-electron chi connectivity index (χ1n) is 1.87. The molecule has 0 radical (unpaired) electrons. The van der Waals surface area contributed by atoms with E-state index in [0.717, 1.165) is 0 Å². The fourth-order valence-corrected chi connectivity index (χ4v) is 0.433. The molecule has 0 heterocycles. The highest BCUT2D eigenvalue weighted by atomic mass is 32.2. The first-order chi connectivity index (χ1) is 2.81. The number of rotatable bonds is 0. The molecule has 6 heavy (non-hydrogen) atoms. The Kier molecular flexibility index (Phi) is 2.91. The Morgan fingerprint density at radius 1 is 1.83 bits per heavy atom. The van der Waals surface area contributed by atoms with E-state index < -0.39 is 10.2 Å². The average Bonchev–Trinajstić information content (AvgIpc) is 1.65. The summed E-state index contributed by atoms with van der Waals surface area (Å²) >= 11 is 0. The van der Waals surface area contributed by atoms with Gasteiger partial charge in [0, 0.05) is 22.9 Å². The quantitative estimate of drug-likeness (QED) is 0.443. The van der Waals surface area contributed by atoms with E-state index in [0.29, 0.717) is 5.75 Å². The van der Waals surface area contributed by atoms with Gasteiger partial charge in [-0.1, -0.05) is 12.1 Å². The van der Waals surface area contributed by atoms with E-state index in [2.05, 4.69) is 5.18 Å². The molecule has 0 aromatic heterocycles. The maximum Gasteiger partial charge on any atom is 0.0417 e. The van der Waals surface area contributed by atoms with Crippen LogP contribution in [0.3, 0.4) is 0 Å². The van der Waals surface area contributed by atoms with Gasteiger partial charge in [0.1, 0.15) is 0 Å². The van der Waals surface area contributed by atoms with Gasteiger partial charge in [0.05, 0.1) is 0 Å². The third-order valence-electron chi connectivity index (χ3n) is 0.490. The monoisotopic (exact) mass is 104 g/mol. The van der Waals surface area contributed by atoms with E-state index in [9.17, 15) is 4.21 Å². The van der Waals surface area contributed by atoms with Crippen LogP contribution >= 0.6 is 0 Å². The van der Waals surface area contributed by atoms with Gasteiger partial charge in [-0.3, -0.25) is 0 Å². The highest BCUT2D eigenvalue weighted by Crippen LogP contribution is 1.57.